The Kier molecular flexibility index (Phi) is 5.17. The Morgan fingerprint density at radius 3 is 2.60 bits per heavy atom. The molecule has 112 valence electrons. The Labute approximate surface area is 121 Å². The minimum atomic E-state index is 0.339. The number of anilines is 2. The van der Waals surface area contributed by atoms with Crippen LogP contribution in [0.5, 0.6) is 0 Å². The Morgan fingerprint density at radius 1 is 1.30 bits per heavy atom. The van der Waals surface area contributed by atoms with E-state index in [1.165, 1.54) is 32.1 Å². The molecule has 1 fully saturated rings. The molecule has 0 unspecified atom stereocenters. The second-order valence-corrected chi connectivity index (χ2v) is 6.14. The van der Waals surface area contributed by atoms with Crippen LogP contribution in [0.1, 0.15) is 57.4 Å². The average Bonchev–Trinajstić information content (AvgIpc) is 2.47. The number of aromatic nitrogens is 2. The van der Waals surface area contributed by atoms with Gasteiger partial charge in [-0.3, -0.25) is 0 Å². The molecule has 1 saturated carbocycles. The fourth-order valence-electron chi connectivity index (χ4n) is 3.18. The average molecular weight is 277 g/mol. The van der Waals surface area contributed by atoms with E-state index in [0.717, 1.165) is 29.7 Å². The van der Waals surface area contributed by atoms with Gasteiger partial charge in [0, 0.05) is 19.2 Å². The molecule has 5 heteroatoms. The maximum Gasteiger partial charge on any atom is 0.148 e. The fourth-order valence-corrected chi connectivity index (χ4v) is 3.18. The van der Waals surface area contributed by atoms with Gasteiger partial charge in [-0.05, 0) is 24.7 Å². The van der Waals surface area contributed by atoms with E-state index in [1.807, 2.05) is 0 Å². The molecule has 0 spiro atoms. The highest BCUT2D eigenvalue weighted by molar-refractivity contribution is 5.59. The summed E-state index contributed by atoms with van der Waals surface area (Å²) in [6, 6.07) is 0. The number of rotatable bonds is 5. The summed E-state index contributed by atoms with van der Waals surface area (Å²) in [5, 5.41) is 0. The molecule has 1 aromatic rings. The van der Waals surface area contributed by atoms with Crippen molar-refractivity contribution in [3.63, 3.8) is 0 Å². The standard InChI is InChI=1S/C15H27N5/c1-11(2)13-14(19-16)17-10-18-15(13)20(3)9-12-7-5-4-6-8-12/h10-12H,4-9,16H2,1-3H3,(H,17,18,19). The second kappa shape index (κ2) is 6.88. The van der Waals surface area contributed by atoms with Crippen LogP contribution in [0, 0.1) is 5.92 Å². The fraction of sp³-hybridized carbons (Fsp3) is 0.733. The molecule has 1 aliphatic carbocycles. The number of nitrogens with one attached hydrogen (secondary N) is 1. The molecule has 3 N–H and O–H groups in total. The van der Waals surface area contributed by atoms with Crippen molar-refractivity contribution in [2.75, 3.05) is 23.9 Å². The van der Waals surface area contributed by atoms with Gasteiger partial charge in [0.05, 0.1) is 0 Å². The van der Waals surface area contributed by atoms with Crippen LogP contribution in [0.25, 0.3) is 0 Å². The van der Waals surface area contributed by atoms with Crippen LogP contribution in [0.3, 0.4) is 0 Å². The van der Waals surface area contributed by atoms with Crippen LogP contribution in [0.15, 0.2) is 6.33 Å². The number of hydrogen-bond acceptors (Lipinski definition) is 5. The van der Waals surface area contributed by atoms with E-state index in [1.54, 1.807) is 6.33 Å². The molecule has 0 aromatic carbocycles. The van der Waals surface area contributed by atoms with Crippen LogP contribution in [-0.4, -0.2) is 23.6 Å². The highest BCUT2D eigenvalue weighted by Crippen LogP contribution is 2.31. The van der Waals surface area contributed by atoms with Gasteiger partial charge in [-0.2, -0.15) is 0 Å². The Morgan fingerprint density at radius 2 is 2.00 bits per heavy atom. The monoisotopic (exact) mass is 277 g/mol. The molecule has 2 rings (SSSR count). The third-order valence-corrected chi connectivity index (χ3v) is 4.20. The molecule has 5 nitrogen and oxygen atoms in total. The third-order valence-electron chi connectivity index (χ3n) is 4.20. The van der Waals surface area contributed by atoms with Crippen molar-refractivity contribution in [2.45, 2.75) is 51.9 Å². The molecule has 0 amide bonds. The van der Waals surface area contributed by atoms with Gasteiger partial charge in [-0.1, -0.05) is 33.1 Å². The summed E-state index contributed by atoms with van der Waals surface area (Å²) in [4.78, 5) is 11.0. The summed E-state index contributed by atoms with van der Waals surface area (Å²) in [5.41, 5.74) is 3.80. The van der Waals surface area contributed by atoms with Gasteiger partial charge < -0.3 is 10.3 Å². The number of nitrogens with two attached hydrogens (primary N) is 1. The Bertz CT molecular complexity index is 426. The lowest BCUT2D eigenvalue weighted by Crippen LogP contribution is -2.29. The molecule has 0 aliphatic heterocycles. The van der Waals surface area contributed by atoms with Gasteiger partial charge in [0.2, 0.25) is 0 Å². The molecule has 1 aromatic heterocycles. The predicted molar refractivity (Wildman–Crippen MR) is 83.8 cm³/mol. The minimum Gasteiger partial charge on any atom is -0.359 e. The van der Waals surface area contributed by atoms with Crippen molar-refractivity contribution in [1.29, 1.82) is 0 Å². The predicted octanol–water partition coefficient (Wildman–Crippen LogP) is 2.90. The first kappa shape index (κ1) is 15.0. The Balaban J connectivity index is 2.17. The van der Waals surface area contributed by atoms with Gasteiger partial charge in [-0.25, -0.2) is 15.8 Å². The maximum absolute atomic E-state index is 5.58. The van der Waals surface area contributed by atoms with Gasteiger partial charge in [0.15, 0.2) is 0 Å². The summed E-state index contributed by atoms with van der Waals surface area (Å²) >= 11 is 0. The number of hydrazine groups is 1. The molecule has 1 aliphatic rings. The van der Waals surface area contributed by atoms with Crippen molar-refractivity contribution in [3.05, 3.63) is 11.9 Å². The van der Waals surface area contributed by atoms with E-state index >= 15 is 0 Å². The molecule has 0 radical (unpaired) electrons. The first-order valence-corrected chi connectivity index (χ1v) is 7.66. The molecular weight excluding hydrogens is 250 g/mol. The lowest BCUT2D eigenvalue weighted by molar-refractivity contribution is 0.361. The molecule has 20 heavy (non-hydrogen) atoms. The van der Waals surface area contributed by atoms with Crippen molar-refractivity contribution in [3.8, 4) is 0 Å². The largest absolute Gasteiger partial charge is 0.359 e. The lowest BCUT2D eigenvalue weighted by Gasteiger charge is -2.29. The highest BCUT2D eigenvalue weighted by Gasteiger charge is 2.21. The van der Waals surface area contributed by atoms with Crippen molar-refractivity contribution >= 4 is 11.6 Å². The van der Waals surface area contributed by atoms with Crippen LogP contribution < -0.4 is 16.2 Å². The van der Waals surface area contributed by atoms with Crippen molar-refractivity contribution in [2.24, 2.45) is 11.8 Å². The van der Waals surface area contributed by atoms with Crippen LogP contribution in [0.4, 0.5) is 11.6 Å². The minimum absolute atomic E-state index is 0.339. The SMILES string of the molecule is CC(C)c1c(NN)ncnc1N(C)CC1CCCCC1. The quantitative estimate of drug-likeness (QED) is 0.640. The van der Waals surface area contributed by atoms with Crippen molar-refractivity contribution < 1.29 is 0 Å². The Hall–Kier alpha value is -1.36. The summed E-state index contributed by atoms with van der Waals surface area (Å²) in [5.74, 6) is 8.46. The molecule has 1 heterocycles. The van der Waals surface area contributed by atoms with Gasteiger partial charge in [-0.15, -0.1) is 0 Å². The number of nitrogen functional groups attached to an aromatic ring is 1. The zero-order chi connectivity index (χ0) is 14.5. The number of nitrogens with zero attached hydrogens (tertiary/aromatic N) is 3. The van der Waals surface area contributed by atoms with Gasteiger partial charge in [0.25, 0.3) is 0 Å². The molecule has 0 bridgehead atoms. The topological polar surface area (TPSA) is 67.1 Å². The number of hydrogen-bond donors (Lipinski definition) is 2. The van der Waals surface area contributed by atoms with Crippen LogP contribution in [0.2, 0.25) is 0 Å². The normalized spacial score (nSPS) is 16.4. The van der Waals surface area contributed by atoms with E-state index in [4.69, 9.17) is 5.84 Å². The van der Waals surface area contributed by atoms with Crippen molar-refractivity contribution in [1.82, 2.24) is 9.97 Å². The highest BCUT2D eigenvalue weighted by atomic mass is 15.3. The summed E-state index contributed by atoms with van der Waals surface area (Å²) in [7, 11) is 2.13. The first-order chi connectivity index (χ1) is 9.63. The smallest absolute Gasteiger partial charge is 0.148 e. The van der Waals surface area contributed by atoms with E-state index in [9.17, 15) is 0 Å². The van der Waals surface area contributed by atoms with Gasteiger partial charge in [0.1, 0.15) is 18.0 Å². The summed E-state index contributed by atoms with van der Waals surface area (Å²) in [6.45, 7) is 5.37. The maximum atomic E-state index is 5.58. The van der Waals surface area contributed by atoms with Crippen LogP contribution in [-0.2, 0) is 0 Å². The molecular formula is C15H27N5. The zero-order valence-corrected chi connectivity index (χ0v) is 12.9. The molecule has 0 atom stereocenters. The summed E-state index contributed by atoms with van der Waals surface area (Å²) in [6.07, 6.45) is 8.41. The summed E-state index contributed by atoms with van der Waals surface area (Å²) < 4.78 is 0. The molecule has 0 saturated heterocycles. The third kappa shape index (κ3) is 3.39. The first-order valence-electron chi connectivity index (χ1n) is 7.66. The van der Waals surface area contributed by atoms with E-state index in [2.05, 4.69) is 41.2 Å². The van der Waals surface area contributed by atoms with Gasteiger partial charge >= 0.3 is 0 Å². The second-order valence-electron chi connectivity index (χ2n) is 6.14. The zero-order valence-electron chi connectivity index (χ0n) is 12.9. The van der Waals surface area contributed by atoms with E-state index < -0.39 is 0 Å². The van der Waals surface area contributed by atoms with Crippen LogP contribution >= 0.6 is 0 Å². The van der Waals surface area contributed by atoms with E-state index in [-0.39, 0.29) is 0 Å². The lowest BCUT2D eigenvalue weighted by atomic mass is 9.89. The van der Waals surface area contributed by atoms with E-state index in [0.29, 0.717) is 5.92 Å².